The van der Waals surface area contributed by atoms with Crippen molar-refractivity contribution in [1.82, 2.24) is 0 Å². The van der Waals surface area contributed by atoms with Gasteiger partial charge in [0.15, 0.2) is 15.6 Å². The summed E-state index contributed by atoms with van der Waals surface area (Å²) in [4.78, 5) is 12.3. The minimum Gasteiger partial charge on any atom is -0.294 e. The number of sulfone groups is 1. The molecule has 0 radical (unpaired) electrons. The van der Waals surface area contributed by atoms with Crippen LogP contribution in [0.1, 0.15) is 27.9 Å². The first-order valence-electron chi connectivity index (χ1n) is 5.71. The third kappa shape index (κ3) is 2.41. The Kier molecular flexibility index (Phi) is 3.08. The number of carbonyl (C=O) groups excluding carboxylic acids is 1. The molecule has 2 rings (SSSR count). The highest BCUT2D eigenvalue weighted by molar-refractivity contribution is 7.91. The molecule has 1 atom stereocenters. The number of rotatable bonds is 2. The Labute approximate surface area is 102 Å². The molecule has 1 heterocycles. The summed E-state index contributed by atoms with van der Waals surface area (Å²) in [5, 5.41) is 0. The summed E-state index contributed by atoms with van der Waals surface area (Å²) in [6.07, 6.45) is 0.467. The van der Waals surface area contributed by atoms with Gasteiger partial charge in [0.25, 0.3) is 0 Å². The van der Waals surface area contributed by atoms with Crippen LogP contribution in [0.5, 0.6) is 0 Å². The molecule has 0 saturated carbocycles. The van der Waals surface area contributed by atoms with E-state index in [9.17, 15) is 13.2 Å². The Hall–Kier alpha value is -1.16. The van der Waals surface area contributed by atoms with Crippen LogP contribution in [0.3, 0.4) is 0 Å². The van der Waals surface area contributed by atoms with Gasteiger partial charge in [0.1, 0.15) is 0 Å². The summed E-state index contributed by atoms with van der Waals surface area (Å²) in [7, 11) is -3.00. The van der Waals surface area contributed by atoms with Gasteiger partial charge in [0, 0.05) is 11.5 Å². The maximum absolute atomic E-state index is 12.3. The van der Waals surface area contributed by atoms with Crippen molar-refractivity contribution < 1.29 is 13.2 Å². The highest BCUT2D eigenvalue weighted by Crippen LogP contribution is 2.25. The summed E-state index contributed by atoms with van der Waals surface area (Å²) in [6.45, 7) is 3.79. The fourth-order valence-corrected chi connectivity index (χ4v) is 4.15. The van der Waals surface area contributed by atoms with Gasteiger partial charge in [0.05, 0.1) is 11.5 Å². The van der Waals surface area contributed by atoms with E-state index in [2.05, 4.69) is 0 Å². The number of hydrogen-bond donors (Lipinski definition) is 0. The number of benzene rings is 1. The Morgan fingerprint density at radius 2 is 1.82 bits per heavy atom. The average Bonchev–Trinajstić information content (AvgIpc) is 2.58. The van der Waals surface area contributed by atoms with Gasteiger partial charge in [-0.1, -0.05) is 18.2 Å². The molecule has 0 aliphatic carbocycles. The number of hydrogen-bond acceptors (Lipinski definition) is 3. The lowest BCUT2D eigenvalue weighted by atomic mass is 9.91. The number of aryl methyl sites for hydroxylation is 2. The summed E-state index contributed by atoms with van der Waals surface area (Å²) in [5.74, 6) is -0.199. The molecule has 0 bridgehead atoms. The van der Waals surface area contributed by atoms with Crippen LogP contribution in [-0.2, 0) is 9.84 Å². The molecule has 17 heavy (non-hydrogen) atoms. The first-order valence-corrected chi connectivity index (χ1v) is 7.54. The molecule has 1 aromatic carbocycles. The van der Waals surface area contributed by atoms with Crippen LogP contribution in [0.15, 0.2) is 18.2 Å². The Morgan fingerprint density at radius 1 is 1.24 bits per heavy atom. The maximum Gasteiger partial charge on any atom is 0.167 e. The van der Waals surface area contributed by atoms with Gasteiger partial charge in [-0.15, -0.1) is 0 Å². The SMILES string of the molecule is Cc1cccc(C)c1C(=O)C1CCS(=O)(=O)C1. The summed E-state index contributed by atoms with van der Waals surface area (Å²) >= 11 is 0. The van der Waals surface area contributed by atoms with Gasteiger partial charge in [-0.05, 0) is 31.4 Å². The smallest absolute Gasteiger partial charge is 0.167 e. The largest absolute Gasteiger partial charge is 0.294 e. The van der Waals surface area contributed by atoms with Crippen molar-refractivity contribution in [3.05, 3.63) is 34.9 Å². The standard InChI is InChI=1S/C13H16O3S/c1-9-4-3-5-10(2)12(9)13(14)11-6-7-17(15,16)8-11/h3-5,11H,6-8H2,1-2H3. The molecule has 0 amide bonds. The summed E-state index contributed by atoms with van der Waals surface area (Å²) in [6, 6.07) is 5.69. The normalized spacial score (nSPS) is 22.6. The van der Waals surface area contributed by atoms with Crippen molar-refractivity contribution in [1.29, 1.82) is 0 Å². The topological polar surface area (TPSA) is 51.2 Å². The molecule has 0 spiro atoms. The van der Waals surface area contributed by atoms with Crippen LogP contribution in [0.25, 0.3) is 0 Å². The van der Waals surface area contributed by atoms with Crippen LogP contribution >= 0.6 is 0 Å². The van der Waals surface area contributed by atoms with Crippen molar-refractivity contribution in [3.8, 4) is 0 Å². The van der Waals surface area contributed by atoms with Crippen LogP contribution in [-0.4, -0.2) is 25.7 Å². The molecule has 1 aliphatic heterocycles. The van der Waals surface area contributed by atoms with Crippen molar-refractivity contribution in [2.45, 2.75) is 20.3 Å². The highest BCUT2D eigenvalue weighted by Gasteiger charge is 2.34. The Balaban J connectivity index is 2.33. The number of carbonyl (C=O) groups is 1. The molecule has 0 aromatic heterocycles. The number of ketones is 1. The van der Waals surface area contributed by atoms with Crippen LogP contribution < -0.4 is 0 Å². The molecule has 1 aromatic rings. The van der Waals surface area contributed by atoms with Crippen LogP contribution in [0.4, 0.5) is 0 Å². The Bertz CT molecular complexity index is 538. The van der Waals surface area contributed by atoms with Gasteiger partial charge in [-0.3, -0.25) is 4.79 Å². The van der Waals surface area contributed by atoms with Crippen molar-refractivity contribution in [2.24, 2.45) is 5.92 Å². The summed E-state index contributed by atoms with van der Waals surface area (Å²) in [5.41, 5.74) is 2.56. The zero-order chi connectivity index (χ0) is 12.6. The van der Waals surface area contributed by atoms with Crippen LogP contribution in [0.2, 0.25) is 0 Å². The zero-order valence-corrected chi connectivity index (χ0v) is 10.9. The molecule has 0 N–H and O–H groups in total. The van der Waals surface area contributed by atoms with E-state index in [1.165, 1.54) is 0 Å². The van der Waals surface area contributed by atoms with E-state index < -0.39 is 9.84 Å². The third-order valence-corrected chi connectivity index (χ3v) is 5.10. The first-order chi connectivity index (χ1) is 7.91. The monoisotopic (exact) mass is 252 g/mol. The van der Waals surface area contributed by atoms with E-state index in [-0.39, 0.29) is 23.2 Å². The van der Waals surface area contributed by atoms with E-state index in [4.69, 9.17) is 0 Å². The Morgan fingerprint density at radius 3 is 2.29 bits per heavy atom. The lowest BCUT2D eigenvalue weighted by molar-refractivity contribution is 0.0932. The second kappa shape index (κ2) is 4.26. The molecular weight excluding hydrogens is 236 g/mol. The van der Waals surface area contributed by atoms with Gasteiger partial charge in [0.2, 0.25) is 0 Å². The fourth-order valence-electron chi connectivity index (χ4n) is 2.41. The maximum atomic E-state index is 12.3. The van der Waals surface area contributed by atoms with E-state index >= 15 is 0 Å². The lowest BCUT2D eigenvalue weighted by Crippen LogP contribution is -2.18. The lowest BCUT2D eigenvalue weighted by Gasteiger charge is -2.12. The van der Waals surface area contributed by atoms with Crippen molar-refractivity contribution in [3.63, 3.8) is 0 Å². The minimum atomic E-state index is -3.00. The van der Waals surface area contributed by atoms with Crippen molar-refractivity contribution in [2.75, 3.05) is 11.5 Å². The second-order valence-corrected chi connectivity index (χ2v) is 6.96. The number of Topliss-reactive ketones (excluding diaryl/α,β-unsaturated/α-hetero) is 1. The van der Waals surface area contributed by atoms with Gasteiger partial charge in [-0.2, -0.15) is 0 Å². The van der Waals surface area contributed by atoms with Crippen molar-refractivity contribution >= 4 is 15.6 Å². The molecule has 1 unspecified atom stereocenters. The van der Waals surface area contributed by atoms with Gasteiger partial charge in [-0.25, -0.2) is 8.42 Å². The molecular formula is C13H16O3S. The van der Waals surface area contributed by atoms with E-state index in [1.807, 2.05) is 32.0 Å². The van der Waals surface area contributed by atoms with Crippen LogP contribution in [0, 0.1) is 19.8 Å². The molecule has 92 valence electrons. The zero-order valence-electron chi connectivity index (χ0n) is 10.1. The summed E-state index contributed by atoms with van der Waals surface area (Å²) < 4.78 is 22.8. The molecule has 4 heteroatoms. The predicted molar refractivity (Wildman–Crippen MR) is 67.0 cm³/mol. The second-order valence-electron chi connectivity index (χ2n) is 4.73. The molecule has 3 nitrogen and oxygen atoms in total. The van der Waals surface area contributed by atoms with E-state index in [0.717, 1.165) is 11.1 Å². The third-order valence-electron chi connectivity index (χ3n) is 3.33. The fraction of sp³-hybridized carbons (Fsp3) is 0.462. The van der Waals surface area contributed by atoms with Gasteiger partial charge >= 0.3 is 0 Å². The highest BCUT2D eigenvalue weighted by atomic mass is 32.2. The molecule has 1 fully saturated rings. The quantitative estimate of drug-likeness (QED) is 0.756. The van der Waals surface area contributed by atoms with Gasteiger partial charge < -0.3 is 0 Å². The predicted octanol–water partition coefficient (Wildman–Crippen LogP) is 1.92. The molecule has 1 aliphatic rings. The average molecular weight is 252 g/mol. The van der Waals surface area contributed by atoms with E-state index in [0.29, 0.717) is 12.0 Å². The molecule has 1 saturated heterocycles. The van der Waals surface area contributed by atoms with E-state index in [1.54, 1.807) is 0 Å². The minimum absolute atomic E-state index is 0.0123. The first kappa shape index (κ1) is 12.3.